The summed E-state index contributed by atoms with van der Waals surface area (Å²) in [7, 11) is 0. The molecule has 8 heteroatoms. The van der Waals surface area contributed by atoms with Gasteiger partial charge in [-0.3, -0.25) is 9.59 Å². The van der Waals surface area contributed by atoms with Gasteiger partial charge in [-0.1, -0.05) is 20.3 Å². The van der Waals surface area contributed by atoms with E-state index >= 15 is 0 Å². The van der Waals surface area contributed by atoms with Gasteiger partial charge in [0, 0.05) is 19.3 Å². The van der Waals surface area contributed by atoms with Crippen molar-refractivity contribution in [3.05, 3.63) is 0 Å². The third-order valence-corrected chi connectivity index (χ3v) is 4.52. The fourth-order valence-electron chi connectivity index (χ4n) is 2.77. The molecule has 1 amide bonds. The molecule has 0 saturated carbocycles. The fraction of sp³-hybridized carbons (Fsp3) is 0.889. The van der Waals surface area contributed by atoms with Crippen molar-refractivity contribution in [2.45, 2.75) is 90.1 Å². The first kappa shape index (κ1) is 23.0. The second-order valence-corrected chi connectivity index (χ2v) is 7.24. The summed E-state index contributed by atoms with van der Waals surface area (Å²) in [5, 5.41) is 32.2. The van der Waals surface area contributed by atoms with E-state index < -0.39 is 43.2 Å². The van der Waals surface area contributed by atoms with Crippen LogP contribution in [0.25, 0.3) is 0 Å². The predicted molar refractivity (Wildman–Crippen MR) is 94.2 cm³/mol. The molecule has 1 rings (SSSR count). The maximum Gasteiger partial charge on any atom is 0.220 e. The number of nitrogens with one attached hydrogen (secondary N) is 1. The number of ether oxygens (including phenoxy) is 2. The van der Waals surface area contributed by atoms with Gasteiger partial charge in [-0.05, 0) is 19.8 Å². The van der Waals surface area contributed by atoms with E-state index in [1.54, 1.807) is 13.8 Å². The van der Waals surface area contributed by atoms with Gasteiger partial charge in [-0.15, -0.1) is 0 Å². The van der Waals surface area contributed by atoms with Gasteiger partial charge in [0.15, 0.2) is 6.29 Å². The molecule has 0 aromatic carbocycles. The maximum absolute atomic E-state index is 12.2. The Kier molecular flexibility index (Phi) is 9.67. The van der Waals surface area contributed by atoms with E-state index in [9.17, 15) is 24.9 Å². The highest BCUT2D eigenvalue weighted by molar-refractivity contribution is 5.85. The zero-order chi connectivity index (χ0) is 19.9. The molecular formula is C18H33NO7. The average molecular weight is 375 g/mol. The first-order valence-corrected chi connectivity index (χ1v) is 9.28. The second-order valence-electron chi connectivity index (χ2n) is 7.24. The number of carbonyl (C=O) groups is 2. The standard InChI is InChI=1S/C18H33NO7/c1-5-11(4)8-12(21)6-7-14(22)19-15-17(24)16(23)13(9-20)26-18(15)25-10(2)3/h10-11,13,15-18,20,23-24H,5-9H2,1-4H3,(H,19,22)/t11?,13-,15-,16-,17-,18?/m1/s1. The molecule has 0 aromatic heterocycles. The molecule has 0 radical (unpaired) electrons. The maximum atomic E-state index is 12.2. The van der Waals surface area contributed by atoms with E-state index in [2.05, 4.69) is 5.32 Å². The van der Waals surface area contributed by atoms with Crippen LogP contribution < -0.4 is 5.32 Å². The summed E-state index contributed by atoms with van der Waals surface area (Å²) >= 11 is 0. The molecule has 2 unspecified atom stereocenters. The molecule has 1 heterocycles. The SMILES string of the molecule is CCC(C)CC(=O)CCC(=O)N[C@H]1C(OC(C)C)O[C@H](CO)[C@@H](O)[C@@H]1O. The Morgan fingerprint density at radius 3 is 2.35 bits per heavy atom. The van der Waals surface area contributed by atoms with Crippen molar-refractivity contribution in [2.75, 3.05) is 6.61 Å². The Labute approximate surface area is 154 Å². The smallest absolute Gasteiger partial charge is 0.220 e. The number of Topliss-reactive ketones (excluding diaryl/α,β-unsaturated/α-hetero) is 1. The Hall–Kier alpha value is -1.06. The fourth-order valence-corrected chi connectivity index (χ4v) is 2.77. The lowest BCUT2D eigenvalue weighted by molar-refractivity contribution is -0.278. The molecule has 8 nitrogen and oxygen atoms in total. The van der Waals surface area contributed by atoms with Gasteiger partial charge in [0.25, 0.3) is 0 Å². The summed E-state index contributed by atoms with van der Waals surface area (Å²) in [6.07, 6.45) is -3.52. The molecule has 0 aliphatic carbocycles. The van der Waals surface area contributed by atoms with Crippen LogP contribution in [0, 0.1) is 5.92 Å². The average Bonchev–Trinajstić information content (AvgIpc) is 2.58. The Bertz CT molecular complexity index is 457. The Morgan fingerprint density at radius 1 is 1.15 bits per heavy atom. The molecule has 0 bridgehead atoms. The third-order valence-electron chi connectivity index (χ3n) is 4.52. The number of hydrogen-bond acceptors (Lipinski definition) is 7. The molecule has 1 aliphatic heterocycles. The van der Waals surface area contributed by atoms with E-state index in [0.717, 1.165) is 6.42 Å². The first-order valence-electron chi connectivity index (χ1n) is 9.28. The first-order chi connectivity index (χ1) is 12.2. The monoisotopic (exact) mass is 375 g/mol. The lowest BCUT2D eigenvalue weighted by Gasteiger charge is -2.42. The number of hydrogen-bond donors (Lipinski definition) is 4. The minimum atomic E-state index is -1.36. The summed E-state index contributed by atoms with van der Waals surface area (Å²) in [4.78, 5) is 24.1. The van der Waals surface area contributed by atoms with Gasteiger partial charge in [0.05, 0.1) is 12.7 Å². The van der Waals surface area contributed by atoms with Gasteiger partial charge in [-0.2, -0.15) is 0 Å². The zero-order valence-corrected chi connectivity index (χ0v) is 16.1. The van der Waals surface area contributed by atoms with Crippen LogP contribution in [0.1, 0.15) is 53.4 Å². The third kappa shape index (κ3) is 6.92. The van der Waals surface area contributed by atoms with Gasteiger partial charge in [0.1, 0.15) is 30.1 Å². The summed E-state index contributed by atoms with van der Waals surface area (Å²) in [5.41, 5.74) is 0. The Morgan fingerprint density at radius 2 is 1.81 bits per heavy atom. The molecule has 6 atom stereocenters. The van der Waals surface area contributed by atoms with Crippen LogP contribution in [-0.4, -0.2) is 70.4 Å². The van der Waals surface area contributed by atoms with Crippen LogP contribution in [-0.2, 0) is 19.1 Å². The van der Waals surface area contributed by atoms with Crippen molar-refractivity contribution in [2.24, 2.45) is 5.92 Å². The highest BCUT2D eigenvalue weighted by Crippen LogP contribution is 2.23. The van der Waals surface area contributed by atoms with Gasteiger partial charge in [0.2, 0.25) is 5.91 Å². The van der Waals surface area contributed by atoms with Crippen LogP contribution in [0.3, 0.4) is 0 Å². The molecular weight excluding hydrogens is 342 g/mol. The van der Waals surface area contributed by atoms with E-state index in [-0.39, 0.29) is 30.6 Å². The van der Waals surface area contributed by atoms with Crippen LogP contribution in [0.4, 0.5) is 0 Å². The van der Waals surface area contributed by atoms with Gasteiger partial charge in [-0.25, -0.2) is 0 Å². The van der Waals surface area contributed by atoms with Crippen LogP contribution in [0.5, 0.6) is 0 Å². The number of rotatable bonds is 10. The normalized spacial score (nSPS) is 30.2. The van der Waals surface area contributed by atoms with Crippen LogP contribution in [0.2, 0.25) is 0 Å². The lowest BCUT2D eigenvalue weighted by Crippen LogP contribution is -2.65. The summed E-state index contributed by atoms with van der Waals surface area (Å²) < 4.78 is 11.0. The minimum Gasteiger partial charge on any atom is -0.394 e. The van der Waals surface area contributed by atoms with Crippen LogP contribution >= 0.6 is 0 Å². The molecule has 1 saturated heterocycles. The molecule has 0 spiro atoms. The van der Waals surface area contributed by atoms with Crippen molar-refractivity contribution in [3.8, 4) is 0 Å². The largest absolute Gasteiger partial charge is 0.394 e. The van der Waals surface area contributed by atoms with E-state index in [0.29, 0.717) is 6.42 Å². The molecule has 26 heavy (non-hydrogen) atoms. The zero-order valence-electron chi connectivity index (χ0n) is 16.1. The summed E-state index contributed by atoms with van der Waals surface area (Å²) in [6.45, 7) is 7.04. The van der Waals surface area contributed by atoms with Crippen molar-refractivity contribution < 1.29 is 34.4 Å². The molecule has 4 N–H and O–H groups in total. The summed E-state index contributed by atoms with van der Waals surface area (Å²) in [5.74, 6) is -0.124. The van der Waals surface area contributed by atoms with Crippen molar-refractivity contribution in [3.63, 3.8) is 0 Å². The lowest BCUT2D eigenvalue weighted by atomic mass is 9.96. The van der Waals surface area contributed by atoms with E-state index in [1.165, 1.54) is 0 Å². The molecule has 152 valence electrons. The number of ketones is 1. The number of carbonyl (C=O) groups excluding carboxylic acids is 2. The predicted octanol–water partition coefficient (Wildman–Crippen LogP) is 0.121. The second kappa shape index (κ2) is 10.9. The topological polar surface area (TPSA) is 125 Å². The van der Waals surface area contributed by atoms with E-state index in [1.807, 2.05) is 13.8 Å². The van der Waals surface area contributed by atoms with Gasteiger partial charge < -0.3 is 30.1 Å². The number of aliphatic hydroxyl groups excluding tert-OH is 3. The van der Waals surface area contributed by atoms with Crippen molar-refractivity contribution in [1.29, 1.82) is 0 Å². The highest BCUT2D eigenvalue weighted by Gasteiger charge is 2.45. The van der Waals surface area contributed by atoms with Crippen LogP contribution in [0.15, 0.2) is 0 Å². The highest BCUT2D eigenvalue weighted by atomic mass is 16.7. The van der Waals surface area contributed by atoms with E-state index in [4.69, 9.17) is 9.47 Å². The minimum absolute atomic E-state index is 0.00753. The summed E-state index contributed by atoms with van der Waals surface area (Å²) in [6, 6.07) is -0.993. The van der Waals surface area contributed by atoms with Crippen molar-refractivity contribution in [1.82, 2.24) is 5.32 Å². The Balaban J connectivity index is 2.64. The molecule has 1 aliphatic rings. The van der Waals surface area contributed by atoms with Gasteiger partial charge >= 0.3 is 0 Å². The van der Waals surface area contributed by atoms with Crippen molar-refractivity contribution >= 4 is 11.7 Å². The quantitative estimate of drug-likeness (QED) is 0.427. The number of amides is 1. The molecule has 0 aromatic rings. The molecule has 1 fully saturated rings. The number of aliphatic hydroxyl groups is 3.